The summed E-state index contributed by atoms with van der Waals surface area (Å²) in [5, 5.41) is 4.19. The van der Waals surface area contributed by atoms with Gasteiger partial charge in [0.25, 0.3) is 0 Å². The van der Waals surface area contributed by atoms with E-state index in [9.17, 15) is 4.89 Å². The van der Waals surface area contributed by atoms with Crippen LogP contribution in [0.4, 0.5) is 0 Å². The van der Waals surface area contributed by atoms with E-state index in [1.807, 2.05) is 91.0 Å². The van der Waals surface area contributed by atoms with E-state index in [-0.39, 0.29) is 0 Å². The lowest BCUT2D eigenvalue weighted by molar-refractivity contribution is -0.223. The maximum Gasteiger partial charge on any atom is 0.414 e. The molecule has 0 saturated heterocycles. The second kappa shape index (κ2) is 8.98. The van der Waals surface area contributed by atoms with Crippen LogP contribution >= 0.6 is 8.09 Å². The summed E-state index contributed by atoms with van der Waals surface area (Å²) in [6.07, 6.45) is 3.30. The summed E-state index contributed by atoms with van der Waals surface area (Å²) in [6, 6.07) is 34.1. The van der Waals surface area contributed by atoms with Gasteiger partial charge in [0.2, 0.25) is 0 Å². The van der Waals surface area contributed by atoms with Gasteiger partial charge in [0.15, 0.2) is 17.7 Å². The van der Waals surface area contributed by atoms with E-state index in [0.717, 1.165) is 38.2 Å². The number of rotatable bonds is 4. The second-order valence-corrected chi connectivity index (χ2v) is 11.0. The van der Waals surface area contributed by atoms with Crippen molar-refractivity contribution in [2.75, 3.05) is 6.54 Å². The molecule has 7 rings (SSSR count). The van der Waals surface area contributed by atoms with Crippen LogP contribution in [-0.2, 0) is 11.3 Å². The Hall–Kier alpha value is -3.73. The number of hydrogen-bond donors (Lipinski definition) is 0. The van der Waals surface area contributed by atoms with Crippen LogP contribution in [0.5, 0.6) is 11.5 Å². The van der Waals surface area contributed by atoms with Gasteiger partial charge in [-0.05, 0) is 45.3 Å². The Kier molecular flexibility index (Phi) is 5.45. The lowest BCUT2D eigenvalue weighted by Gasteiger charge is -2.35. The van der Waals surface area contributed by atoms with Gasteiger partial charge in [-0.3, -0.25) is 9.05 Å². The monoisotopic (exact) mass is 505 g/mol. The Morgan fingerprint density at radius 3 is 1.92 bits per heavy atom. The molecule has 0 N–H and O–H groups in total. The molecule has 0 fully saturated rings. The number of fused-ring (bicyclic) bond motifs is 7. The molecule has 0 aliphatic carbocycles. The van der Waals surface area contributed by atoms with Gasteiger partial charge < -0.3 is 9.63 Å². The smallest absolute Gasteiger partial charge is 0.414 e. The Balaban J connectivity index is 1.36. The maximum atomic E-state index is 14.6. The SMILES string of the molecule is [O-][P+]1(N2CC=CC2OCc2ccccc2)Oc2ccc3ccccc3c2-c2c(ccc3ccccc23)O1. The summed E-state index contributed by atoms with van der Waals surface area (Å²) in [5.41, 5.74) is 2.81. The van der Waals surface area contributed by atoms with Crippen LogP contribution in [0.3, 0.4) is 0 Å². The van der Waals surface area contributed by atoms with Crippen molar-refractivity contribution in [2.24, 2.45) is 0 Å². The quantitative estimate of drug-likeness (QED) is 0.197. The Morgan fingerprint density at radius 1 is 0.730 bits per heavy atom. The number of benzene rings is 5. The van der Waals surface area contributed by atoms with E-state index in [1.165, 1.54) is 0 Å². The molecule has 5 aromatic rings. The molecule has 37 heavy (non-hydrogen) atoms. The molecular formula is C31H24NO4P. The molecule has 0 radical (unpaired) electrons. The number of hydrogen-bond acceptors (Lipinski definition) is 5. The average molecular weight is 506 g/mol. The molecule has 1 unspecified atom stereocenters. The molecule has 2 aliphatic rings. The van der Waals surface area contributed by atoms with Gasteiger partial charge in [0.05, 0.1) is 13.2 Å². The number of ether oxygens (including phenoxy) is 1. The van der Waals surface area contributed by atoms with Crippen LogP contribution in [-0.4, -0.2) is 17.4 Å². The minimum Gasteiger partial charge on any atom is -0.601 e. The Morgan fingerprint density at radius 2 is 1.30 bits per heavy atom. The lowest BCUT2D eigenvalue weighted by atomic mass is 9.92. The van der Waals surface area contributed by atoms with Crippen LogP contribution in [0.15, 0.2) is 115 Å². The van der Waals surface area contributed by atoms with Gasteiger partial charge in [-0.1, -0.05) is 102 Å². The van der Waals surface area contributed by atoms with Crippen LogP contribution in [0, 0.1) is 0 Å². The van der Waals surface area contributed by atoms with E-state index in [0.29, 0.717) is 24.7 Å². The first-order chi connectivity index (χ1) is 18.2. The minimum atomic E-state index is -3.86. The highest BCUT2D eigenvalue weighted by atomic mass is 31.2. The fourth-order valence-corrected chi connectivity index (χ4v) is 6.93. The van der Waals surface area contributed by atoms with Crippen molar-refractivity contribution in [3.63, 3.8) is 0 Å². The predicted octanol–water partition coefficient (Wildman–Crippen LogP) is 6.88. The van der Waals surface area contributed by atoms with Crippen LogP contribution < -0.4 is 13.9 Å². The minimum absolute atomic E-state index is 0.384. The Bertz CT molecular complexity index is 1560. The molecule has 0 amide bonds. The Labute approximate surface area is 215 Å². The number of nitrogens with zero attached hydrogens (tertiary/aromatic N) is 1. The van der Waals surface area contributed by atoms with E-state index in [2.05, 4.69) is 24.3 Å². The molecule has 5 aromatic carbocycles. The van der Waals surface area contributed by atoms with Gasteiger partial charge in [-0.15, -0.1) is 0 Å². The van der Waals surface area contributed by atoms with Crippen molar-refractivity contribution >= 4 is 29.6 Å². The third-order valence-corrected chi connectivity index (χ3v) is 8.80. The average Bonchev–Trinajstić information content (AvgIpc) is 3.37. The highest BCUT2D eigenvalue weighted by Gasteiger charge is 2.50. The molecule has 182 valence electrons. The van der Waals surface area contributed by atoms with Crippen LogP contribution in [0.1, 0.15) is 5.56 Å². The first-order valence-electron chi connectivity index (χ1n) is 12.3. The summed E-state index contributed by atoms with van der Waals surface area (Å²) in [5.74, 6) is 1.07. The van der Waals surface area contributed by atoms with Crippen LogP contribution in [0.25, 0.3) is 32.7 Å². The van der Waals surface area contributed by atoms with E-state index in [1.54, 1.807) is 4.67 Å². The molecule has 5 nitrogen and oxygen atoms in total. The van der Waals surface area contributed by atoms with Crippen molar-refractivity contribution < 1.29 is 18.7 Å². The third-order valence-electron chi connectivity index (χ3n) is 6.92. The summed E-state index contributed by atoms with van der Waals surface area (Å²) >= 11 is 0. The van der Waals surface area contributed by atoms with Gasteiger partial charge in [0, 0.05) is 11.1 Å². The molecule has 0 aromatic heterocycles. The molecule has 2 aliphatic heterocycles. The van der Waals surface area contributed by atoms with Gasteiger partial charge >= 0.3 is 8.09 Å². The third kappa shape index (κ3) is 3.88. The van der Waals surface area contributed by atoms with Gasteiger partial charge in [-0.2, -0.15) is 0 Å². The highest BCUT2D eigenvalue weighted by molar-refractivity contribution is 7.57. The fourth-order valence-electron chi connectivity index (χ4n) is 5.17. The molecule has 1 atom stereocenters. The van der Waals surface area contributed by atoms with Crippen molar-refractivity contribution in [2.45, 2.75) is 12.8 Å². The zero-order valence-electron chi connectivity index (χ0n) is 20.0. The standard InChI is InChI=1S/C31H24NO4P/c33-37(32-20-8-15-29(32)34-21-22-9-2-1-3-10-22)35-27-18-16-23-11-4-6-13-25(23)30(27)31-26-14-7-5-12-24(26)17-19-28(31)36-37/h1-19,29H,20-21H2. The van der Waals surface area contributed by atoms with Crippen molar-refractivity contribution in [1.82, 2.24) is 4.67 Å². The van der Waals surface area contributed by atoms with Crippen molar-refractivity contribution in [3.8, 4) is 22.6 Å². The largest absolute Gasteiger partial charge is 0.601 e. The second-order valence-electron chi connectivity index (χ2n) is 9.21. The summed E-state index contributed by atoms with van der Waals surface area (Å²) in [4.78, 5) is 14.6. The molecule has 0 saturated carbocycles. The maximum absolute atomic E-state index is 14.6. The first kappa shape index (κ1) is 22.5. The fraction of sp³-hybridized carbons (Fsp3) is 0.0968. The van der Waals surface area contributed by atoms with Crippen LogP contribution in [0.2, 0.25) is 0 Å². The molecule has 0 spiro atoms. The molecular weight excluding hydrogens is 481 g/mol. The zero-order valence-corrected chi connectivity index (χ0v) is 20.9. The molecule has 2 heterocycles. The summed E-state index contributed by atoms with van der Waals surface area (Å²) < 4.78 is 20.6. The van der Waals surface area contributed by atoms with Crippen molar-refractivity contribution in [3.05, 3.63) is 121 Å². The van der Waals surface area contributed by atoms with Gasteiger partial charge in [-0.25, -0.2) is 0 Å². The van der Waals surface area contributed by atoms with Gasteiger partial charge in [0.1, 0.15) is 0 Å². The first-order valence-corrected chi connectivity index (χ1v) is 13.8. The predicted molar refractivity (Wildman–Crippen MR) is 146 cm³/mol. The molecule has 0 bridgehead atoms. The van der Waals surface area contributed by atoms with Crippen molar-refractivity contribution in [1.29, 1.82) is 0 Å². The topological polar surface area (TPSA) is 54.0 Å². The summed E-state index contributed by atoms with van der Waals surface area (Å²) in [7, 11) is -3.86. The summed E-state index contributed by atoms with van der Waals surface area (Å²) in [6.45, 7) is 0.775. The van der Waals surface area contributed by atoms with E-state index < -0.39 is 14.3 Å². The normalized spacial score (nSPS) is 18.1. The zero-order chi connectivity index (χ0) is 24.8. The highest BCUT2D eigenvalue weighted by Crippen LogP contribution is 2.63. The van der Waals surface area contributed by atoms with E-state index in [4.69, 9.17) is 13.8 Å². The van der Waals surface area contributed by atoms with E-state index >= 15 is 0 Å². The molecule has 6 heteroatoms. The lowest BCUT2D eigenvalue weighted by Crippen LogP contribution is -2.42.